The van der Waals surface area contributed by atoms with Crippen molar-refractivity contribution in [3.8, 4) is 6.07 Å². The lowest BCUT2D eigenvalue weighted by Crippen LogP contribution is -2.60. The fourth-order valence-electron chi connectivity index (χ4n) is 3.94. The third-order valence-electron chi connectivity index (χ3n) is 5.72. The first-order valence-corrected chi connectivity index (χ1v) is 10.3. The molecule has 3 atom stereocenters. The quantitative estimate of drug-likeness (QED) is 0.624. The topological polar surface area (TPSA) is 56.6 Å². The van der Waals surface area contributed by atoms with E-state index in [0.717, 1.165) is 31.2 Å². The Balaban J connectivity index is 2.20. The minimum Gasteiger partial charge on any atom is -0.449 e. The van der Waals surface area contributed by atoms with Crippen molar-refractivity contribution in [3.63, 3.8) is 0 Å². The Hall–Kier alpha value is -2.13. The molecule has 154 valence electrons. The van der Waals surface area contributed by atoms with Gasteiger partial charge < -0.3 is 9.64 Å². The van der Waals surface area contributed by atoms with Gasteiger partial charge in [-0.3, -0.25) is 4.90 Å². The van der Waals surface area contributed by atoms with Gasteiger partial charge in [-0.2, -0.15) is 5.26 Å². The van der Waals surface area contributed by atoms with Gasteiger partial charge in [-0.05, 0) is 43.9 Å². The first kappa shape index (κ1) is 22.2. The molecule has 0 spiro atoms. The third kappa shape index (κ3) is 5.02. The highest BCUT2D eigenvalue weighted by Gasteiger charge is 2.38. The molecule has 1 aromatic carbocycles. The summed E-state index contributed by atoms with van der Waals surface area (Å²) >= 11 is 0. The molecule has 28 heavy (non-hydrogen) atoms. The van der Waals surface area contributed by atoms with Crippen molar-refractivity contribution in [1.82, 2.24) is 9.80 Å². The lowest BCUT2D eigenvalue weighted by atomic mass is 9.95. The van der Waals surface area contributed by atoms with Crippen LogP contribution in [0, 0.1) is 17.1 Å². The van der Waals surface area contributed by atoms with Crippen molar-refractivity contribution < 1.29 is 13.9 Å². The van der Waals surface area contributed by atoms with Gasteiger partial charge in [0, 0.05) is 31.2 Å². The van der Waals surface area contributed by atoms with E-state index in [-0.39, 0.29) is 24.2 Å². The van der Waals surface area contributed by atoms with Gasteiger partial charge in [-0.1, -0.05) is 33.3 Å². The zero-order valence-corrected chi connectivity index (χ0v) is 17.4. The molecule has 1 aliphatic heterocycles. The Kier molecular flexibility index (Phi) is 8.25. The molecule has 1 fully saturated rings. The molecule has 0 saturated carbocycles. The van der Waals surface area contributed by atoms with E-state index in [1.165, 1.54) is 12.1 Å². The molecular weight excluding hydrogens is 357 g/mol. The molecule has 1 heterocycles. The Morgan fingerprint density at radius 2 is 2.00 bits per heavy atom. The van der Waals surface area contributed by atoms with E-state index in [2.05, 4.69) is 38.7 Å². The summed E-state index contributed by atoms with van der Waals surface area (Å²) < 4.78 is 19.0. The number of hydrogen-bond donors (Lipinski definition) is 0. The number of nitriles is 1. The summed E-state index contributed by atoms with van der Waals surface area (Å²) in [6, 6.07) is 6.72. The van der Waals surface area contributed by atoms with Gasteiger partial charge in [-0.15, -0.1) is 0 Å². The number of hydrogen-bond acceptors (Lipinski definition) is 4. The van der Waals surface area contributed by atoms with Crippen LogP contribution in [0.3, 0.4) is 0 Å². The summed E-state index contributed by atoms with van der Waals surface area (Å²) in [6.45, 7) is 10.1. The van der Waals surface area contributed by atoms with Crippen molar-refractivity contribution >= 4 is 6.09 Å². The van der Waals surface area contributed by atoms with Crippen molar-refractivity contribution in [2.75, 3.05) is 19.7 Å². The van der Waals surface area contributed by atoms with Gasteiger partial charge >= 0.3 is 6.09 Å². The van der Waals surface area contributed by atoms with E-state index in [0.29, 0.717) is 25.3 Å². The van der Waals surface area contributed by atoms with Crippen LogP contribution >= 0.6 is 0 Å². The number of ether oxygens (including phenoxy) is 1. The molecular formula is C22H32FN3O2. The van der Waals surface area contributed by atoms with Crippen LogP contribution in [0.1, 0.15) is 70.5 Å². The van der Waals surface area contributed by atoms with Gasteiger partial charge in [0.1, 0.15) is 5.82 Å². The highest BCUT2D eigenvalue weighted by molar-refractivity contribution is 5.68. The van der Waals surface area contributed by atoms with Gasteiger partial charge in [0.15, 0.2) is 0 Å². The number of carbonyl (C=O) groups excluding carboxylic acids is 1. The Bertz CT molecular complexity index is 704. The van der Waals surface area contributed by atoms with Crippen LogP contribution in [0.5, 0.6) is 0 Å². The van der Waals surface area contributed by atoms with E-state index in [1.807, 2.05) is 4.90 Å². The normalized spacial score (nSPS) is 21.2. The molecule has 1 unspecified atom stereocenters. The second kappa shape index (κ2) is 10.4. The number of carbonyl (C=O) groups is 1. The van der Waals surface area contributed by atoms with E-state index < -0.39 is 5.82 Å². The van der Waals surface area contributed by atoms with Crippen LogP contribution in [0.15, 0.2) is 18.2 Å². The summed E-state index contributed by atoms with van der Waals surface area (Å²) in [7, 11) is 0. The molecule has 1 saturated heterocycles. The molecule has 0 aliphatic carbocycles. The van der Waals surface area contributed by atoms with Crippen molar-refractivity contribution in [1.29, 1.82) is 5.26 Å². The average molecular weight is 390 g/mol. The van der Waals surface area contributed by atoms with Gasteiger partial charge in [0.25, 0.3) is 0 Å². The van der Waals surface area contributed by atoms with Crippen molar-refractivity contribution in [3.05, 3.63) is 35.1 Å². The van der Waals surface area contributed by atoms with Gasteiger partial charge in [0.05, 0.1) is 18.2 Å². The molecule has 1 amide bonds. The van der Waals surface area contributed by atoms with Crippen molar-refractivity contribution in [2.45, 2.75) is 71.5 Å². The zero-order chi connectivity index (χ0) is 20.7. The number of halogens is 1. The molecule has 1 aliphatic rings. The summed E-state index contributed by atoms with van der Waals surface area (Å²) in [5, 5.41) is 9.42. The fourth-order valence-corrected chi connectivity index (χ4v) is 3.94. The van der Waals surface area contributed by atoms with Crippen LogP contribution in [0.25, 0.3) is 0 Å². The van der Waals surface area contributed by atoms with Crippen LogP contribution in [0.4, 0.5) is 9.18 Å². The lowest BCUT2D eigenvalue weighted by Gasteiger charge is -2.48. The van der Waals surface area contributed by atoms with E-state index in [4.69, 9.17) is 4.74 Å². The predicted molar refractivity (Wildman–Crippen MR) is 107 cm³/mol. The number of nitrogens with zero attached hydrogens (tertiary/aromatic N) is 3. The fraction of sp³-hybridized carbons (Fsp3) is 0.636. The Labute approximate surface area is 168 Å². The maximum Gasteiger partial charge on any atom is 0.410 e. The summed E-state index contributed by atoms with van der Waals surface area (Å²) in [6.07, 6.45) is 3.34. The van der Waals surface area contributed by atoms with Crippen LogP contribution in [-0.2, 0) is 4.74 Å². The number of piperazine rings is 1. The minimum absolute atomic E-state index is 0.0347. The highest BCUT2D eigenvalue weighted by atomic mass is 19.1. The Morgan fingerprint density at radius 1 is 1.29 bits per heavy atom. The summed E-state index contributed by atoms with van der Waals surface area (Å²) in [5.74, 6) is -0.398. The number of benzene rings is 1. The zero-order valence-electron chi connectivity index (χ0n) is 17.4. The highest BCUT2D eigenvalue weighted by Crippen LogP contribution is 2.31. The van der Waals surface area contributed by atoms with E-state index >= 15 is 0 Å². The largest absolute Gasteiger partial charge is 0.449 e. The van der Waals surface area contributed by atoms with Crippen LogP contribution in [0.2, 0.25) is 0 Å². The molecule has 0 bridgehead atoms. The summed E-state index contributed by atoms with van der Waals surface area (Å²) in [5.41, 5.74) is 1.20. The minimum atomic E-state index is -0.398. The third-order valence-corrected chi connectivity index (χ3v) is 5.72. The number of amides is 1. The first-order chi connectivity index (χ1) is 13.5. The number of rotatable bonds is 7. The second-order valence-electron chi connectivity index (χ2n) is 7.46. The standard InChI is InChI=1S/C22H32FN3O2/c1-5-8-11-28-22(27)26-15-19(6-2)25(14-20(26)7-3)16(4)21-10-9-18(23)12-17(21)13-24/h9-10,12,16,19-20H,5-8,11,14-15H2,1-4H3/t16?,19-,20+/m1/s1. The molecule has 2 rings (SSSR count). The SMILES string of the molecule is CCCCOC(=O)N1C[C@@H](CC)N(C(C)c2ccc(F)cc2C#N)C[C@@H]1CC. The van der Waals surface area contributed by atoms with Gasteiger partial charge in [0.2, 0.25) is 0 Å². The maximum absolute atomic E-state index is 13.5. The molecule has 5 nitrogen and oxygen atoms in total. The van der Waals surface area contributed by atoms with Crippen LogP contribution in [-0.4, -0.2) is 47.7 Å². The first-order valence-electron chi connectivity index (χ1n) is 10.3. The molecule has 0 radical (unpaired) electrons. The van der Waals surface area contributed by atoms with Gasteiger partial charge in [-0.25, -0.2) is 9.18 Å². The van der Waals surface area contributed by atoms with Crippen molar-refractivity contribution in [2.24, 2.45) is 0 Å². The second-order valence-corrected chi connectivity index (χ2v) is 7.46. The monoisotopic (exact) mass is 389 g/mol. The maximum atomic E-state index is 13.5. The average Bonchev–Trinajstić information content (AvgIpc) is 2.72. The van der Waals surface area contributed by atoms with E-state index in [9.17, 15) is 14.4 Å². The molecule has 0 N–H and O–H groups in total. The smallest absolute Gasteiger partial charge is 0.410 e. The molecule has 6 heteroatoms. The Morgan fingerprint density at radius 3 is 2.61 bits per heavy atom. The molecule has 1 aromatic rings. The lowest BCUT2D eigenvalue weighted by molar-refractivity contribution is -0.00154. The van der Waals surface area contributed by atoms with Crippen LogP contribution < -0.4 is 0 Å². The predicted octanol–water partition coefficient (Wildman–Crippen LogP) is 4.87. The molecule has 0 aromatic heterocycles. The number of unbranched alkanes of at least 4 members (excludes halogenated alkanes) is 1. The van der Waals surface area contributed by atoms with E-state index in [1.54, 1.807) is 6.07 Å². The summed E-state index contributed by atoms with van der Waals surface area (Å²) in [4.78, 5) is 16.8.